The number of methoxy groups -OCH3 is 1. The van der Waals surface area contributed by atoms with Crippen LogP contribution in [0.4, 0.5) is 5.69 Å². The van der Waals surface area contributed by atoms with Crippen molar-refractivity contribution in [3.63, 3.8) is 0 Å². The van der Waals surface area contributed by atoms with Gasteiger partial charge in [-0.05, 0) is 0 Å². The van der Waals surface area contributed by atoms with Crippen LogP contribution in [0.25, 0.3) is 6.08 Å². The first-order valence-electron chi connectivity index (χ1n) is 9.03. The number of hydrogen-bond donors (Lipinski definition) is 0. The van der Waals surface area contributed by atoms with Crippen molar-refractivity contribution in [2.24, 2.45) is 4.99 Å². The number of carbonyl (C=O) groups is 1. The van der Waals surface area contributed by atoms with Crippen molar-refractivity contribution in [1.29, 1.82) is 0 Å². The van der Waals surface area contributed by atoms with Crippen molar-refractivity contribution in [2.75, 3.05) is 25.1 Å². The minimum absolute atomic E-state index is 0.121. The van der Waals surface area contributed by atoms with Gasteiger partial charge in [0.05, 0.1) is 7.11 Å². The van der Waals surface area contributed by atoms with E-state index in [9.17, 15) is 4.79 Å². The third-order valence-electron chi connectivity index (χ3n) is 4.64. The molecule has 5 nitrogen and oxygen atoms in total. The van der Waals surface area contributed by atoms with Crippen molar-refractivity contribution >= 4 is 50.2 Å². The topological polar surface area (TPSA) is 45.1 Å². The van der Waals surface area contributed by atoms with Crippen LogP contribution < -0.4 is 9.64 Å². The molecule has 7 heteroatoms. The Morgan fingerprint density at radius 3 is 2.39 bits per heavy atom. The standard InChI is InChI=1S/C21H20ClN3O2Se/c1-27-18-8-2-15(3-9-18)14-19-20(26)25(17-6-4-16(22)5-7-17)21(23-19)24-10-12-28-13-11-24/h2-9,14H,10-13H2,1H3/b19-14-. The molecule has 0 saturated carbocycles. The number of anilines is 1. The molecule has 1 saturated heterocycles. The van der Waals surface area contributed by atoms with Crippen LogP contribution >= 0.6 is 11.6 Å². The van der Waals surface area contributed by atoms with Crippen LogP contribution in [0.5, 0.6) is 5.75 Å². The monoisotopic (exact) mass is 461 g/mol. The van der Waals surface area contributed by atoms with Gasteiger partial charge in [0.1, 0.15) is 0 Å². The molecular weight excluding hydrogens is 441 g/mol. The summed E-state index contributed by atoms with van der Waals surface area (Å²) in [6.45, 7) is 1.87. The van der Waals surface area contributed by atoms with E-state index in [2.05, 4.69) is 4.90 Å². The maximum absolute atomic E-state index is 13.2. The van der Waals surface area contributed by atoms with E-state index >= 15 is 0 Å². The average molecular weight is 461 g/mol. The number of guanidine groups is 1. The second-order valence-electron chi connectivity index (χ2n) is 6.43. The molecule has 1 amide bonds. The predicted octanol–water partition coefficient (Wildman–Crippen LogP) is 3.95. The number of amides is 1. The molecule has 2 aliphatic rings. The van der Waals surface area contributed by atoms with Gasteiger partial charge in [0.15, 0.2) is 0 Å². The molecule has 0 N–H and O–H groups in total. The predicted molar refractivity (Wildman–Crippen MR) is 114 cm³/mol. The van der Waals surface area contributed by atoms with E-state index in [0.717, 1.165) is 30.1 Å². The molecule has 0 atom stereocenters. The van der Waals surface area contributed by atoms with Crippen molar-refractivity contribution in [1.82, 2.24) is 4.90 Å². The molecule has 0 aliphatic carbocycles. The molecule has 2 heterocycles. The number of nitrogens with zero attached hydrogens (tertiary/aromatic N) is 3. The SMILES string of the molecule is COc1ccc(/C=C2\N=C(N3CC[Se]CC3)N(c3ccc(Cl)cc3)C2=O)cc1. The van der Waals surface area contributed by atoms with Gasteiger partial charge in [0, 0.05) is 0 Å². The molecule has 2 aliphatic heterocycles. The molecule has 0 aromatic heterocycles. The Balaban J connectivity index is 1.71. The minimum atomic E-state index is -0.121. The van der Waals surface area contributed by atoms with E-state index in [-0.39, 0.29) is 5.91 Å². The maximum atomic E-state index is 13.2. The van der Waals surface area contributed by atoms with E-state index in [0.29, 0.717) is 31.6 Å². The zero-order valence-electron chi connectivity index (χ0n) is 15.5. The molecule has 0 bridgehead atoms. The van der Waals surface area contributed by atoms with E-state index in [4.69, 9.17) is 21.3 Å². The molecule has 0 spiro atoms. The van der Waals surface area contributed by atoms with E-state index in [1.54, 1.807) is 24.1 Å². The normalized spacial score (nSPS) is 18.6. The molecule has 2 aromatic rings. The van der Waals surface area contributed by atoms with E-state index < -0.39 is 0 Å². The summed E-state index contributed by atoms with van der Waals surface area (Å²) < 4.78 is 5.20. The van der Waals surface area contributed by atoms with Gasteiger partial charge in [0.2, 0.25) is 0 Å². The summed E-state index contributed by atoms with van der Waals surface area (Å²) in [4.78, 5) is 21.9. The molecule has 28 heavy (non-hydrogen) atoms. The van der Waals surface area contributed by atoms with Gasteiger partial charge in [-0.3, -0.25) is 0 Å². The second kappa shape index (κ2) is 8.39. The van der Waals surface area contributed by atoms with Crippen LogP contribution in [0.2, 0.25) is 15.7 Å². The average Bonchev–Trinajstić information content (AvgIpc) is 3.06. The third kappa shape index (κ3) is 3.95. The summed E-state index contributed by atoms with van der Waals surface area (Å²) in [7, 11) is 1.63. The fourth-order valence-electron chi connectivity index (χ4n) is 3.16. The number of rotatable bonds is 3. The summed E-state index contributed by atoms with van der Waals surface area (Å²) in [6.07, 6.45) is 1.82. The van der Waals surface area contributed by atoms with Gasteiger partial charge in [0.25, 0.3) is 0 Å². The Bertz CT molecular complexity index is 920. The first kappa shape index (κ1) is 19.1. The number of hydrogen-bond acceptors (Lipinski definition) is 4. The Kier molecular flexibility index (Phi) is 5.72. The molecule has 2 aromatic carbocycles. The summed E-state index contributed by atoms with van der Waals surface area (Å²) in [5.74, 6) is 1.37. The van der Waals surface area contributed by atoms with E-state index in [1.807, 2.05) is 42.5 Å². The van der Waals surface area contributed by atoms with Crippen LogP contribution in [0.3, 0.4) is 0 Å². The van der Waals surface area contributed by atoms with Crippen LogP contribution in [-0.4, -0.2) is 51.9 Å². The Labute approximate surface area is 175 Å². The van der Waals surface area contributed by atoms with E-state index in [1.165, 1.54) is 10.6 Å². The van der Waals surface area contributed by atoms with Crippen molar-refractivity contribution in [3.05, 3.63) is 64.8 Å². The van der Waals surface area contributed by atoms with Crippen molar-refractivity contribution < 1.29 is 9.53 Å². The zero-order valence-corrected chi connectivity index (χ0v) is 17.9. The quantitative estimate of drug-likeness (QED) is 0.515. The Morgan fingerprint density at radius 2 is 1.75 bits per heavy atom. The molecule has 144 valence electrons. The summed E-state index contributed by atoms with van der Waals surface area (Å²) in [6, 6.07) is 14.9. The molecule has 1 fully saturated rings. The number of carbonyl (C=O) groups excluding carboxylic acids is 1. The van der Waals surface area contributed by atoms with Crippen LogP contribution in [0, 0.1) is 0 Å². The third-order valence-corrected chi connectivity index (χ3v) is 6.87. The summed E-state index contributed by atoms with van der Waals surface area (Å²) in [5.41, 5.74) is 2.13. The van der Waals surface area contributed by atoms with Gasteiger partial charge in [-0.25, -0.2) is 0 Å². The fourth-order valence-corrected chi connectivity index (χ4v) is 5.18. The first-order chi connectivity index (χ1) is 13.7. The van der Waals surface area contributed by atoms with Crippen LogP contribution in [0.1, 0.15) is 5.56 Å². The van der Waals surface area contributed by atoms with Gasteiger partial charge < -0.3 is 0 Å². The number of benzene rings is 2. The van der Waals surface area contributed by atoms with Crippen molar-refractivity contribution in [2.45, 2.75) is 10.6 Å². The number of ether oxygens (including phenoxy) is 1. The van der Waals surface area contributed by atoms with Gasteiger partial charge in [-0.1, -0.05) is 0 Å². The molecule has 0 unspecified atom stereocenters. The second-order valence-corrected chi connectivity index (χ2v) is 9.44. The molecule has 4 rings (SSSR count). The molecular formula is C21H20ClN3O2Se. The summed E-state index contributed by atoms with van der Waals surface area (Å²) in [5, 5.41) is 2.99. The summed E-state index contributed by atoms with van der Waals surface area (Å²) >= 11 is 6.72. The zero-order chi connectivity index (χ0) is 19.5. The van der Waals surface area contributed by atoms with Gasteiger partial charge in [-0.15, -0.1) is 0 Å². The van der Waals surface area contributed by atoms with Gasteiger partial charge in [-0.2, -0.15) is 0 Å². The van der Waals surface area contributed by atoms with Gasteiger partial charge >= 0.3 is 169 Å². The molecule has 0 radical (unpaired) electrons. The Hall–Kier alpha value is -2.27. The fraction of sp³-hybridized carbons (Fsp3) is 0.238. The van der Waals surface area contributed by atoms with Crippen molar-refractivity contribution in [3.8, 4) is 5.75 Å². The number of halogens is 1. The Morgan fingerprint density at radius 1 is 1.07 bits per heavy atom. The number of aliphatic imine (C=N–C) groups is 1. The van der Waals surface area contributed by atoms with Crippen LogP contribution in [0.15, 0.2) is 59.2 Å². The first-order valence-corrected chi connectivity index (χ1v) is 11.8. The van der Waals surface area contributed by atoms with Crippen LogP contribution in [-0.2, 0) is 4.79 Å².